The van der Waals surface area contributed by atoms with E-state index < -0.39 is 0 Å². The van der Waals surface area contributed by atoms with Crippen LogP contribution in [-0.4, -0.2) is 32.3 Å². The number of rotatable bonds is 7. The first-order valence-electron chi connectivity index (χ1n) is 6.70. The maximum Gasteiger partial charge on any atom is 0.0471 e. The average Bonchev–Trinajstić information content (AvgIpc) is 2.27. The number of nitrogens with two attached hydrogens (primary N) is 1. The molecule has 1 unspecified atom stereocenters. The molecular formula is C13H28N2O. The van der Waals surface area contributed by atoms with Crippen molar-refractivity contribution in [3.63, 3.8) is 0 Å². The Hall–Kier alpha value is -0.120. The predicted molar refractivity (Wildman–Crippen MR) is 68.5 cm³/mol. The van der Waals surface area contributed by atoms with Crippen LogP contribution < -0.4 is 11.1 Å². The molecule has 0 aromatic rings. The van der Waals surface area contributed by atoms with E-state index in [-0.39, 0.29) is 0 Å². The Morgan fingerprint density at radius 2 is 2.06 bits per heavy atom. The third-order valence-electron chi connectivity index (χ3n) is 3.59. The van der Waals surface area contributed by atoms with Gasteiger partial charge < -0.3 is 15.8 Å². The molecule has 1 heterocycles. The van der Waals surface area contributed by atoms with Crippen LogP contribution in [0.25, 0.3) is 0 Å². The van der Waals surface area contributed by atoms with Crippen molar-refractivity contribution in [3.8, 4) is 0 Å². The molecule has 0 aromatic heterocycles. The van der Waals surface area contributed by atoms with E-state index in [1.54, 1.807) is 0 Å². The van der Waals surface area contributed by atoms with E-state index >= 15 is 0 Å². The van der Waals surface area contributed by atoms with Crippen LogP contribution in [-0.2, 0) is 4.74 Å². The van der Waals surface area contributed by atoms with E-state index in [0.29, 0.717) is 11.5 Å². The highest BCUT2D eigenvalue weighted by Gasteiger charge is 2.26. The van der Waals surface area contributed by atoms with Gasteiger partial charge in [0, 0.05) is 32.3 Å². The number of hydrogen-bond acceptors (Lipinski definition) is 3. The average molecular weight is 228 g/mol. The minimum absolute atomic E-state index is 0.323. The molecule has 3 heteroatoms. The molecule has 3 N–H and O–H groups in total. The third-order valence-corrected chi connectivity index (χ3v) is 3.59. The summed E-state index contributed by atoms with van der Waals surface area (Å²) in [5, 5.41) is 3.52. The Balaban J connectivity index is 2.09. The van der Waals surface area contributed by atoms with Crippen LogP contribution in [0.15, 0.2) is 0 Å². The molecular weight excluding hydrogens is 200 g/mol. The van der Waals surface area contributed by atoms with Gasteiger partial charge in [-0.25, -0.2) is 0 Å². The fourth-order valence-electron chi connectivity index (χ4n) is 2.17. The smallest absolute Gasteiger partial charge is 0.0471 e. The second-order valence-electron chi connectivity index (χ2n) is 5.46. The van der Waals surface area contributed by atoms with Crippen molar-refractivity contribution in [2.45, 2.75) is 52.0 Å². The van der Waals surface area contributed by atoms with Crippen molar-refractivity contribution in [1.82, 2.24) is 5.32 Å². The van der Waals surface area contributed by atoms with E-state index in [1.165, 1.54) is 25.7 Å². The van der Waals surface area contributed by atoms with Crippen molar-refractivity contribution in [1.29, 1.82) is 0 Å². The molecule has 0 saturated carbocycles. The lowest BCUT2D eigenvalue weighted by Crippen LogP contribution is -2.41. The van der Waals surface area contributed by atoms with Crippen molar-refractivity contribution in [2.75, 3.05) is 26.3 Å². The van der Waals surface area contributed by atoms with Gasteiger partial charge in [0.25, 0.3) is 0 Å². The molecule has 1 aliphatic heterocycles. The largest absolute Gasteiger partial charge is 0.381 e. The summed E-state index contributed by atoms with van der Waals surface area (Å²) in [5.74, 6) is 0. The van der Waals surface area contributed by atoms with Crippen molar-refractivity contribution in [2.24, 2.45) is 11.1 Å². The van der Waals surface area contributed by atoms with Crippen LogP contribution in [0, 0.1) is 5.41 Å². The van der Waals surface area contributed by atoms with Crippen LogP contribution in [0.1, 0.15) is 46.0 Å². The molecule has 0 bridgehead atoms. The third kappa shape index (κ3) is 5.28. The summed E-state index contributed by atoms with van der Waals surface area (Å²) in [6, 6.07) is 0.323. The quantitative estimate of drug-likeness (QED) is 0.700. The molecule has 1 saturated heterocycles. The first kappa shape index (κ1) is 13.9. The Labute approximate surface area is 100 Å². The molecule has 0 radical (unpaired) electrons. The van der Waals surface area contributed by atoms with Gasteiger partial charge in [-0.15, -0.1) is 0 Å². The van der Waals surface area contributed by atoms with E-state index in [1.807, 2.05) is 0 Å². The number of unbranched alkanes of at least 4 members (excludes halogenated alkanes) is 1. The fraction of sp³-hybridized carbons (Fsp3) is 1.00. The zero-order valence-corrected chi connectivity index (χ0v) is 10.9. The van der Waals surface area contributed by atoms with Gasteiger partial charge in [0.1, 0.15) is 0 Å². The lowest BCUT2D eigenvalue weighted by atomic mass is 9.82. The summed E-state index contributed by atoms with van der Waals surface area (Å²) in [6.07, 6.45) is 5.97. The van der Waals surface area contributed by atoms with Gasteiger partial charge in [0.15, 0.2) is 0 Å². The molecule has 0 amide bonds. The molecule has 0 aromatic carbocycles. The summed E-state index contributed by atoms with van der Waals surface area (Å²) < 4.78 is 5.39. The topological polar surface area (TPSA) is 47.3 Å². The van der Waals surface area contributed by atoms with E-state index in [4.69, 9.17) is 10.5 Å². The minimum Gasteiger partial charge on any atom is -0.381 e. The first-order chi connectivity index (χ1) is 7.66. The molecule has 16 heavy (non-hydrogen) atoms. The van der Waals surface area contributed by atoms with Gasteiger partial charge in [-0.2, -0.15) is 0 Å². The highest BCUT2D eigenvalue weighted by Crippen LogP contribution is 2.28. The molecule has 1 rings (SSSR count). The van der Waals surface area contributed by atoms with Gasteiger partial charge in [-0.3, -0.25) is 0 Å². The van der Waals surface area contributed by atoms with Crippen LogP contribution in [0.5, 0.6) is 0 Å². The monoisotopic (exact) mass is 228 g/mol. The van der Waals surface area contributed by atoms with Gasteiger partial charge in [-0.1, -0.05) is 26.7 Å². The standard InChI is InChI=1S/C13H28N2O/c1-3-4-5-12(14)10-15-11-13(2)6-8-16-9-7-13/h12,15H,3-11,14H2,1-2H3. The van der Waals surface area contributed by atoms with Gasteiger partial charge in [0.2, 0.25) is 0 Å². The van der Waals surface area contributed by atoms with Crippen molar-refractivity contribution < 1.29 is 4.74 Å². The minimum atomic E-state index is 0.323. The number of hydrogen-bond donors (Lipinski definition) is 2. The predicted octanol–water partition coefficient (Wildman–Crippen LogP) is 1.91. The lowest BCUT2D eigenvalue weighted by Gasteiger charge is -2.34. The fourth-order valence-corrected chi connectivity index (χ4v) is 2.17. The van der Waals surface area contributed by atoms with Gasteiger partial charge in [-0.05, 0) is 24.7 Å². The highest BCUT2D eigenvalue weighted by molar-refractivity contribution is 4.80. The second-order valence-corrected chi connectivity index (χ2v) is 5.46. The van der Waals surface area contributed by atoms with Crippen LogP contribution in [0.3, 0.4) is 0 Å². The number of nitrogens with one attached hydrogen (secondary N) is 1. The summed E-state index contributed by atoms with van der Waals surface area (Å²) in [6.45, 7) is 8.43. The SMILES string of the molecule is CCCCC(N)CNCC1(C)CCOCC1. The van der Waals surface area contributed by atoms with E-state index in [0.717, 1.165) is 32.7 Å². The Morgan fingerprint density at radius 1 is 1.38 bits per heavy atom. The summed E-state index contributed by atoms with van der Waals surface area (Å²) in [7, 11) is 0. The Morgan fingerprint density at radius 3 is 2.69 bits per heavy atom. The van der Waals surface area contributed by atoms with Crippen LogP contribution in [0.4, 0.5) is 0 Å². The molecule has 1 aliphatic rings. The summed E-state index contributed by atoms with van der Waals surface area (Å²) in [4.78, 5) is 0. The number of ether oxygens (including phenoxy) is 1. The molecule has 0 spiro atoms. The Kier molecular flexibility index (Phi) is 6.32. The zero-order chi connectivity index (χ0) is 11.9. The summed E-state index contributed by atoms with van der Waals surface area (Å²) in [5.41, 5.74) is 6.45. The molecule has 1 atom stereocenters. The molecule has 0 aliphatic carbocycles. The molecule has 1 fully saturated rings. The van der Waals surface area contributed by atoms with Crippen LogP contribution >= 0.6 is 0 Å². The normalized spacial score (nSPS) is 21.9. The maximum absolute atomic E-state index is 6.03. The van der Waals surface area contributed by atoms with Crippen LogP contribution in [0.2, 0.25) is 0 Å². The van der Waals surface area contributed by atoms with Gasteiger partial charge >= 0.3 is 0 Å². The van der Waals surface area contributed by atoms with Gasteiger partial charge in [0.05, 0.1) is 0 Å². The van der Waals surface area contributed by atoms with Crippen molar-refractivity contribution in [3.05, 3.63) is 0 Å². The first-order valence-corrected chi connectivity index (χ1v) is 6.70. The molecule has 3 nitrogen and oxygen atoms in total. The molecule has 96 valence electrons. The maximum atomic E-state index is 6.03. The lowest BCUT2D eigenvalue weighted by molar-refractivity contribution is 0.0240. The van der Waals surface area contributed by atoms with E-state index in [2.05, 4.69) is 19.2 Å². The van der Waals surface area contributed by atoms with E-state index in [9.17, 15) is 0 Å². The van der Waals surface area contributed by atoms with Crippen molar-refractivity contribution >= 4 is 0 Å². The Bertz CT molecular complexity index is 179. The highest BCUT2D eigenvalue weighted by atomic mass is 16.5. The summed E-state index contributed by atoms with van der Waals surface area (Å²) >= 11 is 0. The second kappa shape index (κ2) is 7.25. The zero-order valence-electron chi connectivity index (χ0n) is 10.9.